The fraction of sp³-hybridized carbons (Fsp3) is 0.962. The van der Waals surface area contributed by atoms with Gasteiger partial charge in [-0.15, -0.1) is 0 Å². The molecule has 0 aliphatic carbocycles. The summed E-state index contributed by atoms with van der Waals surface area (Å²) >= 11 is 0. The summed E-state index contributed by atoms with van der Waals surface area (Å²) in [7, 11) is 0. The summed E-state index contributed by atoms with van der Waals surface area (Å²) in [6, 6.07) is 0. The summed E-state index contributed by atoms with van der Waals surface area (Å²) in [5, 5.41) is 0. The molecule has 0 aromatic carbocycles. The van der Waals surface area contributed by atoms with Crippen LogP contribution in [-0.4, -0.2) is 12.6 Å². The molecule has 28 heavy (non-hydrogen) atoms. The lowest BCUT2D eigenvalue weighted by atomic mass is 10.0. The van der Waals surface area contributed by atoms with Crippen LogP contribution in [0.2, 0.25) is 0 Å². The van der Waals surface area contributed by atoms with Crippen LogP contribution in [0, 0.1) is 0 Å². The first kappa shape index (κ1) is 27.5. The Morgan fingerprint density at radius 1 is 0.464 bits per heavy atom. The van der Waals surface area contributed by atoms with Crippen LogP contribution in [0.25, 0.3) is 0 Å². The van der Waals surface area contributed by atoms with Crippen LogP contribution < -0.4 is 0 Å². The number of ether oxygens (including phenoxy) is 1. The van der Waals surface area contributed by atoms with Crippen molar-refractivity contribution < 1.29 is 9.53 Å². The number of hydrogen-bond donors (Lipinski definition) is 0. The van der Waals surface area contributed by atoms with E-state index in [1.54, 1.807) is 0 Å². The number of hydrogen-bond acceptors (Lipinski definition) is 2. The molecule has 0 rings (SSSR count). The summed E-state index contributed by atoms with van der Waals surface area (Å²) in [6.07, 6.45) is 29.3. The highest BCUT2D eigenvalue weighted by Gasteiger charge is 2.01. The monoisotopic (exact) mass is 396 g/mol. The Bertz CT molecular complexity index is 301. The molecule has 0 saturated heterocycles. The van der Waals surface area contributed by atoms with Gasteiger partial charge in [-0.05, 0) is 12.8 Å². The smallest absolute Gasteiger partial charge is 0.305 e. The molecule has 0 bridgehead atoms. The van der Waals surface area contributed by atoms with Gasteiger partial charge in [0.2, 0.25) is 0 Å². The van der Waals surface area contributed by atoms with Gasteiger partial charge in [-0.1, -0.05) is 136 Å². The van der Waals surface area contributed by atoms with Crippen LogP contribution in [0.1, 0.15) is 155 Å². The van der Waals surface area contributed by atoms with E-state index in [0.717, 1.165) is 12.8 Å². The number of rotatable bonds is 23. The fourth-order valence-corrected chi connectivity index (χ4v) is 3.81. The van der Waals surface area contributed by atoms with Gasteiger partial charge in [-0.2, -0.15) is 0 Å². The minimum absolute atomic E-state index is 0.00995. The van der Waals surface area contributed by atoms with Crippen molar-refractivity contribution in [3.8, 4) is 0 Å². The van der Waals surface area contributed by atoms with Gasteiger partial charge in [0.25, 0.3) is 0 Å². The lowest BCUT2D eigenvalue weighted by molar-refractivity contribution is -0.143. The van der Waals surface area contributed by atoms with Gasteiger partial charge in [0, 0.05) is 6.42 Å². The van der Waals surface area contributed by atoms with Gasteiger partial charge >= 0.3 is 5.97 Å². The van der Waals surface area contributed by atoms with Crippen LogP contribution in [0.4, 0.5) is 0 Å². The zero-order valence-electron chi connectivity index (χ0n) is 19.6. The van der Waals surface area contributed by atoms with Gasteiger partial charge in [-0.3, -0.25) is 4.79 Å². The highest BCUT2D eigenvalue weighted by molar-refractivity contribution is 5.69. The van der Waals surface area contributed by atoms with Gasteiger partial charge in [-0.25, -0.2) is 0 Å². The van der Waals surface area contributed by atoms with Gasteiger partial charge < -0.3 is 4.74 Å². The quantitative estimate of drug-likeness (QED) is 0.127. The maximum absolute atomic E-state index is 11.4. The molecule has 2 heteroatoms. The molecule has 0 spiro atoms. The highest BCUT2D eigenvalue weighted by Crippen LogP contribution is 2.15. The number of carbonyl (C=O) groups is 1. The average molecular weight is 397 g/mol. The highest BCUT2D eigenvalue weighted by atomic mass is 16.5. The normalized spacial score (nSPS) is 11.1. The maximum Gasteiger partial charge on any atom is 0.305 e. The largest absolute Gasteiger partial charge is 0.466 e. The van der Waals surface area contributed by atoms with Crippen molar-refractivity contribution in [2.75, 3.05) is 6.61 Å². The Morgan fingerprint density at radius 3 is 1.11 bits per heavy atom. The molecule has 0 unspecified atom stereocenters. The second kappa shape index (κ2) is 24.5. The van der Waals surface area contributed by atoms with Crippen molar-refractivity contribution >= 4 is 5.97 Å². The zero-order valence-corrected chi connectivity index (χ0v) is 19.6. The summed E-state index contributed by atoms with van der Waals surface area (Å²) < 4.78 is 5.09. The molecule has 0 saturated carbocycles. The first-order valence-corrected chi connectivity index (χ1v) is 13.0. The molecular weight excluding hydrogens is 344 g/mol. The third-order valence-corrected chi connectivity index (χ3v) is 5.70. The minimum Gasteiger partial charge on any atom is -0.466 e. The van der Waals surface area contributed by atoms with Crippen LogP contribution >= 0.6 is 0 Å². The predicted molar refractivity (Wildman–Crippen MR) is 124 cm³/mol. The molecule has 168 valence electrons. The second-order valence-corrected chi connectivity index (χ2v) is 8.69. The molecule has 0 heterocycles. The molecule has 0 aliphatic rings. The predicted octanol–water partition coefficient (Wildman–Crippen LogP) is 9.15. The lowest BCUT2D eigenvalue weighted by Gasteiger charge is -2.04. The summed E-state index contributed by atoms with van der Waals surface area (Å²) in [6.45, 7) is 4.91. The van der Waals surface area contributed by atoms with E-state index in [1.165, 1.54) is 122 Å². The van der Waals surface area contributed by atoms with Crippen LogP contribution in [0.15, 0.2) is 0 Å². The van der Waals surface area contributed by atoms with Crippen molar-refractivity contribution in [1.82, 2.24) is 0 Å². The molecule has 0 aromatic heterocycles. The summed E-state index contributed by atoms with van der Waals surface area (Å²) in [4.78, 5) is 11.4. The zero-order chi connectivity index (χ0) is 20.5. The molecular formula is C26H52O2. The molecule has 0 aromatic rings. The lowest BCUT2D eigenvalue weighted by Crippen LogP contribution is -2.04. The molecule has 0 N–H and O–H groups in total. The molecule has 0 aliphatic heterocycles. The molecule has 2 nitrogen and oxygen atoms in total. The van der Waals surface area contributed by atoms with E-state index in [-0.39, 0.29) is 5.97 Å². The van der Waals surface area contributed by atoms with Crippen molar-refractivity contribution in [3.63, 3.8) is 0 Å². The summed E-state index contributed by atoms with van der Waals surface area (Å²) in [5.74, 6) is -0.00995. The first-order chi connectivity index (χ1) is 13.8. The topological polar surface area (TPSA) is 26.3 Å². The van der Waals surface area contributed by atoms with Gasteiger partial charge in [0.15, 0.2) is 0 Å². The fourth-order valence-electron chi connectivity index (χ4n) is 3.81. The van der Waals surface area contributed by atoms with Crippen molar-refractivity contribution in [2.45, 2.75) is 155 Å². The van der Waals surface area contributed by atoms with Crippen LogP contribution in [0.3, 0.4) is 0 Å². The summed E-state index contributed by atoms with van der Waals surface area (Å²) in [5.41, 5.74) is 0. The van der Waals surface area contributed by atoms with Gasteiger partial charge in [0.05, 0.1) is 6.61 Å². The Balaban J connectivity index is 3.04. The van der Waals surface area contributed by atoms with Crippen LogP contribution in [0.5, 0.6) is 0 Å². The van der Waals surface area contributed by atoms with E-state index in [9.17, 15) is 4.79 Å². The van der Waals surface area contributed by atoms with E-state index in [1.807, 2.05) is 6.92 Å². The number of esters is 1. The van der Waals surface area contributed by atoms with E-state index < -0.39 is 0 Å². The standard InChI is InChI=1S/C26H52O2/c1-3-5-6-7-8-9-10-11-12-13-14-15-16-17-18-19-20-21-22-23-24-26(27)28-25-4-2/h3-25H2,1-2H3. The van der Waals surface area contributed by atoms with Crippen LogP contribution in [-0.2, 0) is 9.53 Å². The average Bonchev–Trinajstić information content (AvgIpc) is 2.70. The molecule has 0 amide bonds. The Morgan fingerprint density at radius 2 is 0.786 bits per heavy atom. The Kier molecular flexibility index (Phi) is 24.0. The van der Waals surface area contributed by atoms with E-state index in [2.05, 4.69) is 6.92 Å². The SMILES string of the molecule is CCCCCCCCCCCCCCCCCCCCCCC(=O)OCCC. The second-order valence-electron chi connectivity index (χ2n) is 8.69. The Hall–Kier alpha value is -0.530. The van der Waals surface area contributed by atoms with Crippen molar-refractivity contribution in [2.24, 2.45) is 0 Å². The minimum atomic E-state index is -0.00995. The molecule has 0 fully saturated rings. The number of carbonyl (C=O) groups excluding carboxylic acids is 1. The third-order valence-electron chi connectivity index (χ3n) is 5.70. The van der Waals surface area contributed by atoms with E-state index in [0.29, 0.717) is 13.0 Å². The third kappa shape index (κ3) is 23.5. The van der Waals surface area contributed by atoms with Crippen molar-refractivity contribution in [3.05, 3.63) is 0 Å². The Labute approximate surface area is 177 Å². The molecule has 0 radical (unpaired) electrons. The van der Waals surface area contributed by atoms with Gasteiger partial charge in [0.1, 0.15) is 0 Å². The van der Waals surface area contributed by atoms with E-state index in [4.69, 9.17) is 4.74 Å². The molecule has 0 atom stereocenters. The maximum atomic E-state index is 11.4. The number of unbranched alkanes of at least 4 members (excludes halogenated alkanes) is 19. The van der Waals surface area contributed by atoms with E-state index >= 15 is 0 Å². The van der Waals surface area contributed by atoms with Crippen molar-refractivity contribution in [1.29, 1.82) is 0 Å². The first-order valence-electron chi connectivity index (χ1n) is 13.0.